The van der Waals surface area contributed by atoms with Crippen LogP contribution in [0.3, 0.4) is 0 Å². The second-order valence-electron chi connectivity index (χ2n) is 5.20. The molecule has 0 aliphatic heterocycles. The van der Waals surface area contributed by atoms with Crippen LogP contribution in [0.15, 0.2) is 0 Å². The van der Waals surface area contributed by atoms with Gasteiger partial charge >= 0.3 is 0 Å². The fourth-order valence-corrected chi connectivity index (χ4v) is 2.25. The van der Waals surface area contributed by atoms with E-state index in [-0.39, 0.29) is 12.4 Å². The van der Waals surface area contributed by atoms with Crippen molar-refractivity contribution in [3.05, 3.63) is 0 Å². The van der Waals surface area contributed by atoms with Crippen LogP contribution in [-0.4, -0.2) is 13.1 Å². The molecule has 1 aliphatic carbocycles. The summed E-state index contributed by atoms with van der Waals surface area (Å²) in [6, 6.07) is 0.795. The van der Waals surface area contributed by atoms with E-state index in [4.69, 9.17) is 0 Å². The lowest BCUT2D eigenvalue weighted by molar-refractivity contribution is 0.162. The van der Waals surface area contributed by atoms with Crippen LogP contribution in [-0.2, 0) is 0 Å². The van der Waals surface area contributed by atoms with Gasteiger partial charge in [-0.25, -0.2) is 0 Å². The van der Waals surface area contributed by atoms with Gasteiger partial charge in [-0.3, -0.25) is 0 Å². The van der Waals surface area contributed by atoms with Gasteiger partial charge in [0.1, 0.15) is 0 Å². The Morgan fingerprint density at radius 1 is 1.00 bits per heavy atom. The molecule has 2 heteroatoms. The highest BCUT2D eigenvalue weighted by Crippen LogP contribution is 2.37. The summed E-state index contributed by atoms with van der Waals surface area (Å²) in [7, 11) is 2.09. The van der Waals surface area contributed by atoms with Crippen LogP contribution in [0, 0.1) is 11.3 Å². The third-order valence-electron chi connectivity index (χ3n) is 3.36. The van der Waals surface area contributed by atoms with Crippen LogP contribution >= 0.6 is 12.4 Å². The van der Waals surface area contributed by atoms with E-state index in [2.05, 4.69) is 33.1 Å². The Morgan fingerprint density at radius 2 is 1.46 bits per heavy atom. The van der Waals surface area contributed by atoms with Crippen LogP contribution in [0.2, 0.25) is 0 Å². The van der Waals surface area contributed by atoms with Gasteiger partial charge in [-0.2, -0.15) is 0 Å². The van der Waals surface area contributed by atoms with Crippen molar-refractivity contribution in [1.29, 1.82) is 0 Å². The van der Waals surface area contributed by atoms with E-state index in [1.165, 1.54) is 25.7 Å². The zero-order valence-corrected chi connectivity index (χ0v) is 10.2. The van der Waals surface area contributed by atoms with E-state index in [1.807, 2.05) is 0 Å². The first-order valence-corrected chi connectivity index (χ1v) is 5.21. The minimum atomic E-state index is 0. The molecule has 0 saturated heterocycles. The van der Waals surface area contributed by atoms with Crippen LogP contribution in [0.1, 0.15) is 46.5 Å². The summed E-state index contributed by atoms with van der Waals surface area (Å²) >= 11 is 0. The molecule has 1 aliphatic rings. The fourth-order valence-electron chi connectivity index (χ4n) is 2.25. The molecule has 80 valence electrons. The summed E-state index contributed by atoms with van der Waals surface area (Å²) in [4.78, 5) is 0. The number of halogens is 1. The molecule has 0 amide bonds. The lowest BCUT2D eigenvalue weighted by atomic mass is 9.71. The molecule has 1 N–H and O–H groups in total. The first-order valence-electron chi connectivity index (χ1n) is 5.21. The summed E-state index contributed by atoms with van der Waals surface area (Å²) in [5, 5.41) is 3.38. The Kier molecular flexibility index (Phi) is 5.31. The summed E-state index contributed by atoms with van der Waals surface area (Å²) < 4.78 is 0. The number of rotatable bonds is 1. The number of hydrogen-bond acceptors (Lipinski definition) is 1. The van der Waals surface area contributed by atoms with E-state index in [1.54, 1.807) is 0 Å². The zero-order chi connectivity index (χ0) is 9.19. The van der Waals surface area contributed by atoms with Crippen molar-refractivity contribution in [2.45, 2.75) is 52.5 Å². The van der Waals surface area contributed by atoms with Gasteiger partial charge in [-0.15, -0.1) is 12.4 Å². The maximum absolute atomic E-state index is 3.38. The van der Waals surface area contributed by atoms with Gasteiger partial charge in [0, 0.05) is 6.04 Å². The van der Waals surface area contributed by atoms with Crippen LogP contribution in [0.4, 0.5) is 0 Å². The Balaban J connectivity index is 0.00000144. The normalized spacial score (nSPS) is 29.5. The molecule has 13 heavy (non-hydrogen) atoms. The summed E-state index contributed by atoms with van der Waals surface area (Å²) in [6.45, 7) is 7.12. The Morgan fingerprint density at radius 3 is 1.77 bits per heavy atom. The van der Waals surface area contributed by atoms with Gasteiger partial charge in [0.15, 0.2) is 0 Å². The predicted molar refractivity (Wildman–Crippen MR) is 61.5 cm³/mol. The van der Waals surface area contributed by atoms with E-state index in [9.17, 15) is 0 Å². The highest BCUT2D eigenvalue weighted by atomic mass is 35.5. The molecule has 1 nitrogen and oxygen atoms in total. The predicted octanol–water partition coefficient (Wildman–Crippen LogP) is 3.23. The van der Waals surface area contributed by atoms with Gasteiger partial charge in [0.05, 0.1) is 0 Å². The molecule has 1 fully saturated rings. The minimum absolute atomic E-state index is 0. The maximum atomic E-state index is 3.38. The lowest BCUT2D eigenvalue weighted by Gasteiger charge is -2.36. The van der Waals surface area contributed by atoms with Crippen molar-refractivity contribution in [2.24, 2.45) is 11.3 Å². The van der Waals surface area contributed by atoms with Crippen molar-refractivity contribution in [3.8, 4) is 0 Å². The second-order valence-corrected chi connectivity index (χ2v) is 5.20. The molecular weight excluding hydrogens is 182 g/mol. The molecule has 0 aromatic rings. The average molecular weight is 206 g/mol. The smallest absolute Gasteiger partial charge is 0.00642 e. The zero-order valence-electron chi connectivity index (χ0n) is 9.39. The first kappa shape index (κ1) is 13.2. The first-order chi connectivity index (χ1) is 5.54. The molecule has 0 aromatic heterocycles. The highest BCUT2D eigenvalue weighted by molar-refractivity contribution is 5.85. The SMILES string of the molecule is CNC1CCC(C(C)(C)C)CC1.Cl. The molecule has 0 heterocycles. The Labute approximate surface area is 89.1 Å². The van der Waals surface area contributed by atoms with Gasteiger partial charge < -0.3 is 5.32 Å². The number of hydrogen-bond donors (Lipinski definition) is 1. The average Bonchev–Trinajstić information content (AvgIpc) is 2.03. The van der Waals surface area contributed by atoms with Gasteiger partial charge in [0.25, 0.3) is 0 Å². The summed E-state index contributed by atoms with van der Waals surface area (Å²) in [5.74, 6) is 0.946. The molecule has 0 radical (unpaired) electrons. The van der Waals surface area contributed by atoms with Crippen molar-refractivity contribution in [2.75, 3.05) is 7.05 Å². The van der Waals surface area contributed by atoms with Gasteiger partial charge in [0.2, 0.25) is 0 Å². The Hall–Kier alpha value is 0.250. The van der Waals surface area contributed by atoms with E-state index >= 15 is 0 Å². The molecular formula is C11H24ClN. The van der Waals surface area contributed by atoms with Crippen molar-refractivity contribution in [3.63, 3.8) is 0 Å². The molecule has 1 rings (SSSR count). The van der Waals surface area contributed by atoms with Gasteiger partial charge in [-0.1, -0.05) is 20.8 Å². The Bertz CT molecular complexity index is 132. The molecule has 1 saturated carbocycles. The topological polar surface area (TPSA) is 12.0 Å². The van der Waals surface area contributed by atoms with E-state index < -0.39 is 0 Å². The molecule has 0 unspecified atom stereocenters. The quantitative estimate of drug-likeness (QED) is 0.693. The standard InChI is InChI=1S/C11H23N.ClH/c1-11(2,3)9-5-7-10(12-4)8-6-9;/h9-10,12H,5-8H2,1-4H3;1H. The highest BCUT2D eigenvalue weighted by Gasteiger charge is 2.28. The molecule has 0 bridgehead atoms. The van der Waals surface area contributed by atoms with E-state index in [0.29, 0.717) is 5.41 Å². The monoisotopic (exact) mass is 205 g/mol. The number of nitrogens with one attached hydrogen (secondary N) is 1. The third kappa shape index (κ3) is 3.86. The summed E-state index contributed by atoms with van der Waals surface area (Å²) in [6.07, 6.45) is 5.57. The van der Waals surface area contributed by atoms with E-state index in [0.717, 1.165) is 12.0 Å². The minimum Gasteiger partial charge on any atom is -0.317 e. The third-order valence-corrected chi connectivity index (χ3v) is 3.36. The largest absolute Gasteiger partial charge is 0.317 e. The maximum Gasteiger partial charge on any atom is 0.00642 e. The van der Waals surface area contributed by atoms with Crippen LogP contribution in [0.5, 0.6) is 0 Å². The fraction of sp³-hybridized carbons (Fsp3) is 1.00. The lowest BCUT2D eigenvalue weighted by Crippen LogP contribution is -2.34. The van der Waals surface area contributed by atoms with Crippen molar-refractivity contribution in [1.82, 2.24) is 5.32 Å². The van der Waals surface area contributed by atoms with Gasteiger partial charge in [-0.05, 0) is 44.1 Å². The molecule has 0 atom stereocenters. The second kappa shape index (κ2) is 5.21. The molecule has 0 aromatic carbocycles. The van der Waals surface area contributed by atoms with Crippen LogP contribution < -0.4 is 5.32 Å². The van der Waals surface area contributed by atoms with Crippen molar-refractivity contribution >= 4 is 12.4 Å². The van der Waals surface area contributed by atoms with Crippen molar-refractivity contribution < 1.29 is 0 Å². The molecule has 0 spiro atoms. The van der Waals surface area contributed by atoms with Crippen LogP contribution in [0.25, 0.3) is 0 Å². The summed E-state index contributed by atoms with van der Waals surface area (Å²) in [5.41, 5.74) is 0.526.